The number of amides is 2. The summed E-state index contributed by atoms with van der Waals surface area (Å²) in [7, 11) is 3.04. The molecule has 1 saturated heterocycles. The van der Waals surface area contributed by atoms with Crippen LogP contribution >= 0.6 is 11.6 Å². The number of ether oxygens (including phenoxy) is 2. The Bertz CT molecular complexity index is 1560. The Hall–Kier alpha value is -3.47. The number of hydrogen-bond acceptors (Lipinski definition) is 9. The van der Waals surface area contributed by atoms with E-state index in [1.807, 2.05) is 20.8 Å². The Kier molecular flexibility index (Phi) is 12.7. The summed E-state index contributed by atoms with van der Waals surface area (Å²) < 4.78 is 11.0. The highest BCUT2D eigenvalue weighted by Gasteiger charge is 2.55. The summed E-state index contributed by atoms with van der Waals surface area (Å²) in [5.41, 5.74) is -0.584. The molecule has 1 aromatic carbocycles. The van der Waals surface area contributed by atoms with Gasteiger partial charge in [0, 0.05) is 49.7 Å². The third kappa shape index (κ3) is 9.36. The molecule has 0 bridgehead atoms. The second-order valence-corrected chi connectivity index (χ2v) is 16.9. The summed E-state index contributed by atoms with van der Waals surface area (Å²) >= 11 is 6.49. The van der Waals surface area contributed by atoms with Crippen LogP contribution in [0.2, 0.25) is 5.02 Å². The van der Waals surface area contributed by atoms with Gasteiger partial charge in [-0.15, -0.1) is 0 Å². The first-order valence-corrected chi connectivity index (χ1v) is 19.4. The Balaban J connectivity index is 1.43. The molecule has 0 unspecified atom stereocenters. The molecule has 2 aliphatic carbocycles. The largest absolute Gasteiger partial charge is 0.496 e. The molecule has 1 aromatic rings. The first-order chi connectivity index (χ1) is 24.7. The van der Waals surface area contributed by atoms with E-state index in [4.69, 9.17) is 25.9 Å². The van der Waals surface area contributed by atoms with E-state index in [9.17, 15) is 24.0 Å². The SMILES string of the molecule is CCC(=O)C(=O)[C@@H](CC(=O)[C@@H]1C[C@]2(CC(c3cc(Cl)c(OC)cc3OC)=NO2)CN1C(=O)[C@@H](NC(=O)CC1CCCCCC1)C(C)(C)C)CC1CC1. The van der Waals surface area contributed by atoms with Crippen molar-refractivity contribution in [1.29, 1.82) is 0 Å². The number of halogens is 1. The van der Waals surface area contributed by atoms with Gasteiger partial charge < -0.3 is 24.5 Å². The fourth-order valence-corrected chi connectivity index (χ4v) is 8.34. The highest BCUT2D eigenvalue weighted by Crippen LogP contribution is 2.44. The lowest BCUT2D eigenvalue weighted by Crippen LogP contribution is -2.57. The minimum atomic E-state index is -1.05. The van der Waals surface area contributed by atoms with E-state index in [2.05, 4.69) is 10.5 Å². The number of rotatable bonds is 15. The second kappa shape index (κ2) is 16.7. The van der Waals surface area contributed by atoms with Crippen molar-refractivity contribution in [3.05, 3.63) is 22.7 Å². The van der Waals surface area contributed by atoms with E-state index in [1.54, 1.807) is 19.1 Å². The van der Waals surface area contributed by atoms with Crippen LogP contribution in [0.5, 0.6) is 11.5 Å². The molecule has 12 heteroatoms. The van der Waals surface area contributed by atoms with Crippen LogP contribution < -0.4 is 14.8 Å². The quantitative estimate of drug-likeness (QED) is 0.156. The first-order valence-electron chi connectivity index (χ1n) is 19.0. The van der Waals surface area contributed by atoms with E-state index in [-0.39, 0.29) is 55.7 Å². The normalized spacial score (nSPS) is 23.3. The van der Waals surface area contributed by atoms with Gasteiger partial charge in [-0.05, 0) is 42.6 Å². The van der Waals surface area contributed by atoms with E-state index in [0.717, 1.165) is 38.5 Å². The number of Topliss-reactive ketones (excluding diaryl/α,β-unsaturated/α-hetero) is 3. The summed E-state index contributed by atoms with van der Waals surface area (Å²) in [6.07, 6.45) is 9.65. The molecular formula is C40H56ClN3O8. The smallest absolute Gasteiger partial charge is 0.246 e. The fourth-order valence-electron chi connectivity index (χ4n) is 8.10. The van der Waals surface area contributed by atoms with Gasteiger partial charge in [0.05, 0.1) is 37.5 Å². The molecule has 52 heavy (non-hydrogen) atoms. The lowest BCUT2D eigenvalue weighted by Gasteiger charge is -2.36. The summed E-state index contributed by atoms with van der Waals surface area (Å²) in [5, 5.41) is 7.87. The Morgan fingerprint density at radius 2 is 1.67 bits per heavy atom. The summed E-state index contributed by atoms with van der Waals surface area (Å²) in [6, 6.07) is 1.50. The van der Waals surface area contributed by atoms with Gasteiger partial charge in [0.1, 0.15) is 17.5 Å². The molecule has 1 N–H and O–H groups in total. The maximum absolute atomic E-state index is 14.8. The molecular weight excluding hydrogens is 686 g/mol. The van der Waals surface area contributed by atoms with Gasteiger partial charge in [-0.25, -0.2) is 0 Å². The van der Waals surface area contributed by atoms with Crippen molar-refractivity contribution in [2.45, 2.75) is 135 Å². The standard InChI is InChI=1S/C40H56ClN3O8/c1-7-31(45)36(48)26(16-25-14-15-25)18-32(46)30-22-40(21-29(43-52-40)27-19-28(41)34(51-6)20-33(27)50-5)23-44(30)38(49)37(39(2,3)4)42-35(47)17-24-12-10-8-9-11-13-24/h19-20,24-26,30,37H,7-18,21-23H2,1-6H3,(H,42,47)/t26-,30+,37-,40-/m1/s1. The number of carbonyl (C=O) groups excluding carboxylic acids is 5. The number of nitrogens with zero attached hydrogens (tertiary/aromatic N) is 2. The molecule has 5 rings (SSSR count). The molecule has 2 aliphatic heterocycles. The molecule has 1 spiro atoms. The molecule has 2 saturated carbocycles. The average molecular weight is 742 g/mol. The summed E-state index contributed by atoms with van der Waals surface area (Å²) in [5.74, 6) is -1.08. The van der Waals surface area contributed by atoms with Crippen molar-refractivity contribution in [3.8, 4) is 11.5 Å². The van der Waals surface area contributed by atoms with Crippen molar-refractivity contribution in [2.75, 3.05) is 20.8 Å². The van der Waals surface area contributed by atoms with Crippen LogP contribution in [-0.4, -0.2) is 78.2 Å². The molecule has 4 aliphatic rings. The zero-order chi connectivity index (χ0) is 37.8. The molecule has 286 valence electrons. The molecule has 2 amide bonds. The van der Waals surface area contributed by atoms with Crippen LogP contribution in [0, 0.1) is 23.2 Å². The van der Waals surface area contributed by atoms with E-state index in [1.165, 1.54) is 32.0 Å². The van der Waals surface area contributed by atoms with Crippen LogP contribution in [0.25, 0.3) is 0 Å². The zero-order valence-electron chi connectivity index (χ0n) is 31.7. The average Bonchev–Trinajstić information content (AvgIpc) is 3.80. The van der Waals surface area contributed by atoms with Gasteiger partial charge in [0.25, 0.3) is 0 Å². The Morgan fingerprint density at radius 3 is 2.27 bits per heavy atom. The molecule has 0 aromatic heterocycles. The maximum Gasteiger partial charge on any atom is 0.246 e. The maximum atomic E-state index is 14.8. The number of likely N-dealkylation sites (tertiary alicyclic amines) is 1. The third-order valence-corrected chi connectivity index (χ3v) is 11.6. The first kappa shape index (κ1) is 39.7. The monoisotopic (exact) mass is 741 g/mol. The van der Waals surface area contributed by atoms with Crippen LogP contribution in [-0.2, 0) is 28.8 Å². The van der Waals surface area contributed by atoms with E-state index >= 15 is 0 Å². The van der Waals surface area contributed by atoms with Crippen molar-refractivity contribution < 1.29 is 38.3 Å². The van der Waals surface area contributed by atoms with Gasteiger partial charge in [-0.2, -0.15) is 0 Å². The van der Waals surface area contributed by atoms with Gasteiger partial charge in [0.2, 0.25) is 17.6 Å². The van der Waals surface area contributed by atoms with Crippen molar-refractivity contribution in [2.24, 2.45) is 28.3 Å². The topological polar surface area (TPSA) is 141 Å². The molecule has 4 atom stereocenters. The van der Waals surface area contributed by atoms with E-state index in [0.29, 0.717) is 46.6 Å². The number of oxime groups is 1. The minimum absolute atomic E-state index is 0.0433. The fraction of sp³-hybridized carbons (Fsp3) is 0.700. The van der Waals surface area contributed by atoms with E-state index < -0.39 is 40.6 Å². The minimum Gasteiger partial charge on any atom is -0.496 e. The van der Waals surface area contributed by atoms with Crippen LogP contribution in [0.3, 0.4) is 0 Å². The van der Waals surface area contributed by atoms with Gasteiger partial charge in [-0.3, -0.25) is 24.0 Å². The second-order valence-electron chi connectivity index (χ2n) is 16.5. The van der Waals surface area contributed by atoms with Gasteiger partial charge in [-0.1, -0.05) is 83.0 Å². The zero-order valence-corrected chi connectivity index (χ0v) is 32.4. The Labute approximate surface area is 312 Å². The molecule has 11 nitrogen and oxygen atoms in total. The van der Waals surface area contributed by atoms with Crippen LogP contribution in [0.15, 0.2) is 17.3 Å². The number of nitrogens with one attached hydrogen (secondary N) is 1. The van der Waals surface area contributed by atoms with Crippen LogP contribution in [0.1, 0.15) is 123 Å². The lowest BCUT2D eigenvalue weighted by molar-refractivity contribution is -0.145. The predicted octanol–water partition coefficient (Wildman–Crippen LogP) is 6.64. The van der Waals surface area contributed by atoms with Crippen molar-refractivity contribution in [1.82, 2.24) is 10.2 Å². The lowest BCUT2D eigenvalue weighted by atomic mass is 9.84. The van der Waals surface area contributed by atoms with Gasteiger partial charge >= 0.3 is 0 Å². The number of ketones is 3. The molecule has 2 heterocycles. The van der Waals surface area contributed by atoms with Crippen LogP contribution in [0.4, 0.5) is 0 Å². The predicted molar refractivity (Wildman–Crippen MR) is 198 cm³/mol. The van der Waals surface area contributed by atoms with Crippen molar-refractivity contribution >= 4 is 46.5 Å². The summed E-state index contributed by atoms with van der Waals surface area (Å²) in [4.78, 5) is 76.2. The number of hydrogen-bond donors (Lipinski definition) is 1. The number of carbonyl (C=O) groups is 5. The summed E-state index contributed by atoms with van der Waals surface area (Å²) in [6.45, 7) is 7.39. The highest BCUT2D eigenvalue weighted by molar-refractivity contribution is 6.38. The highest BCUT2D eigenvalue weighted by atomic mass is 35.5. The number of methoxy groups -OCH3 is 2. The number of benzene rings is 1. The van der Waals surface area contributed by atoms with Crippen molar-refractivity contribution in [3.63, 3.8) is 0 Å². The molecule has 3 fully saturated rings. The molecule has 0 radical (unpaired) electrons. The third-order valence-electron chi connectivity index (χ3n) is 11.3. The Morgan fingerprint density at radius 1 is 1.00 bits per heavy atom. The van der Waals surface area contributed by atoms with Gasteiger partial charge in [0.15, 0.2) is 17.2 Å².